The van der Waals surface area contributed by atoms with E-state index in [1.807, 2.05) is 6.07 Å². The van der Waals surface area contributed by atoms with E-state index in [0.717, 1.165) is 16.6 Å². The second-order valence-corrected chi connectivity index (χ2v) is 5.35. The molecule has 2 heteroatoms. The van der Waals surface area contributed by atoms with Crippen molar-refractivity contribution in [1.82, 2.24) is 0 Å². The maximum Gasteiger partial charge on any atom is 0.0511 e. The third-order valence-electron chi connectivity index (χ3n) is 3.09. The monoisotopic (exact) mass is 303 g/mol. The molecule has 0 fully saturated rings. The number of hydrogen-bond acceptors (Lipinski definition) is 1. The van der Waals surface area contributed by atoms with Crippen LogP contribution in [0, 0.1) is 6.92 Å². The summed E-state index contributed by atoms with van der Waals surface area (Å²) in [4.78, 5) is 0. The molecule has 2 rings (SSSR count). The maximum atomic E-state index is 3.59. The van der Waals surface area contributed by atoms with Gasteiger partial charge in [0.1, 0.15) is 0 Å². The molecule has 0 saturated heterocycles. The zero-order valence-corrected chi connectivity index (χ0v) is 12.4. The van der Waals surface area contributed by atoms with E-state index in [1.165, 1.54) is 11.1 Å². The van der Waals surface area contributed by atoms with Crippen molar-refractivity contribution in [3.05, 3.63) is 64.1 Å². The maximum absolute atomic E-state index is 3.59. The Morgan fingerprint density at radius 3 is 2.33 bits per heavy atom. The summed E-state index contributed by atoms with van der Waals surface area (Å²) in [5.41, 5.74) is 3.78. The fourth-order valence-corrected chi connectivity index (χ4v) is 2.39. The third-order valence-corrected chi connectivity index (χ3v) is 3.78. The molecule has 2 aromatic carbocycles. The standard InChI is InChI=1S/C16H18BrN/c1-3-15(13-10-8-12(2)9-11-13)18-16-7-5-4-6-14(16)17/h4-11,15,18H,3H2,1-2H3. The average Bonchev–Trinajstić information content (AvgIpc) is 2.39. The second kappa shape index (κ2) is 6.05. The van der Waals surface area contributed by atoms with Gasteiger partial charge in [-0.15, -0.1) is 0 Å². The summed E-state index contributed by atoms with van der Waals surface area (Å²) in [6.07, 6.45) is 1.06. The van der Waals surface area contributed by atoms with Gasteiger partial charge in [-0.25, -0.2) is 0 Å². The van der Waals surface area contributed by atoms with Crippen LogP contribution in [0.4, 0.5) is 5.69 Å². The van der Waals surface area contributed by atoms with Gasteiger partial charge in [-0.2, -0.15) is 0 Å². The van der Waals surface area contributed by atoms with E-state index < -0.39 is 0 Å². The van der Waals surface area contributed by atoms with Crippen LogP contribution in [0.5, 0.6) is 0 Å². The quantitative estimate of drug-likeness (QED) is 0.806. The van der Waals surface area contributed by atoms with E-state index in [1.54, 1.807) is 0 Å². The molecule has 0 radical (unpaired) electrons. The van der Waals surface area contributed by atoms with Crippen LogP contribution in [0.3, 0.4) is 0 Å². The summed E-state index contributed by atoms with van der Waals surface area (Å²) in [7, 11) is 0. The summed E-state index contributed by atoms with van der Waals surface area (Å²) >= 11 is 3.58. The van der Waals surface area contributed by atoms with Crippen molar-refractivity contribution in [2.45, 2.75) is 26.3 Å². The van der Waals surface area contributed by atoms with E-state index >= 15 is 0 Å². The van der Waals surface area contributed by atoms with Gasteiger partial charge in [0.15, 0.2) is 0 Å². The minimum absolute atomic E-state index is 0.351. The lowest BCUT2D eigenvalue weighted by atomic mass is 10.0. The van der Waals surface area contributed by atoms with Gasteiger partial charge in [0, 0.05) is 10.2 Å². The molecule has 94 valence electrons. The lowest BCUT2D eigenvalue weighted by Gasteiger charge is -2.20. The minimum Gasteiger partial charge on any atom is -0.377 e. The summed E-state index contributed by atoms with van der Waals surface area (Å²) < 4.78 is 1.11. The predicted octanol–water partition coefficient (Wildman–Crippen LogP) is 5.32. The smallest absolute Gasteiger partial charge is 0.0511 e. The van der Waals surface area contributed by atoms with E-state index in [0.29, 0.717) is 6.04 Å². The molecule has 1 unspecified atom stereocenters. The Morgan fingerprint density at radius 2 is 1.72 bits per heavy atom. The molecule has 0 amide bonds. The summed E-state index contributed by atoms with van der Waals surface area (Å²) in [5.74, 6) is 0. The molecule has 0 aliphatic heterocycles. The Morgan fingerprint density at radius 1 is 1.06 bits per heavy atom. The number of anilines is 1. The number of nitrogens with one attached hydrogen (secondary N) is 1. The molecule has 1 nitrogen and oxygen atoms in total. The van der Waals surface area contributed by atoms with Gasteiger partial charge in [0.05, 0.1) is 6.04 Å². The first-order valence-electron chi connectivity index (χ1n) is 6.28. The lowest BCUT2D eigenvalue weighted by molar-refractivity contribution is 0.748. The number of aryl methyl sites for hydroxylation is 1. The Bertz CT molecular complexity index is 505. The molecule has 0 saturated carbocycles. The fourth-order valence-electron chi connectivity index (χ4n) is 1.99. The van der Waals surface area contributed by atoms with Crippen molar-refractivity contribution < 1.29 is 0 Å². The Hall–Kier alpha value is -1.28. The SMILES string of the molecule is CCC(Nc1ccccc1Br)c1ccc(C)cc1. The van der Waals surface area contributed by atoms with E-state index in [2.05, 4.69) is 77.6 Å². The van der Waals surface area contributed by atoms with Gasteiger partial charge < -0.3 is 5.32 Å². The van der Waals surface area contributed by atoms with Gasteiger partial charge >= 0.3 is 0 Å². The molecular formula is C16H18BrN. The van der Waals surface area contributed by atoms with Gasteiger partial charge in [0.2, 0.25) is 0 Å². The van der Waals surface area contributed by atoms with E-state index in [-0.39, 0.29) is 0 Å². The summed E-state index contributed by atoms with van der Waals surface area (Å²) in [6.45, 7) is 4.32. The molecule has 0 aliphatic rings. The molecule has 2 aromatic rings. The zero-order chi connectivity index (χ0) is 13.0. The lowest BCUT2D eigenvalue weighted by Crippen LogP contribution is -2.09. The molecule has 0 aliphatic carbocycles. The summed E-state index contributed by atoms with van der Waals surface area (Å²) in [6, 6.07) is 17.3. The van der Waals surface area contributed by atoms with Crippen molar-refractivity contribution in [3.63, 3.8) is 0 Å². The first-order valence-corrected chi connectivity index (χ1v) is 7.07. The number of hydrogen-bond donors (Lipinski definition) is 1. The van der Waals surface area contributed by atoms with Crippen molar-refractivity contribution in [3.8, 4) is 0 Å². The van der Waals surface area contributed by atoms with Crippen LogP contribution in [0.15, 0.2) is 53.0 Å². The zero-order valence-electron chi connectivity index (χ0n) is 10.8. The van der Waals surface area contributed by atoms with Gasteiger partial charge in [0.25, 0.3) is 0 Å². The van der Waals surface area contributed by atoms with E-state index in [4.69, 9.17) is 0 Å². The molecular weight excluding hydrogens is 286 g/mol. The first-order chi connectivity index (χ1) is 8.70. The number of halogens is 1. The predicted molar refractivity (Wildman–Crippen MR) is 82.0 cm³/mol. The highest BCUT2D eigenvalue weighted by molar-refractivity contribution is 9.10. The Labute approximate surface area is 117 Å². The molecule has 0 bridgehead atoms. The first kappa shape index (κ1) is 13.2. The van der Waals surface area contributed by atoms with Crippen LogP contribution in [-0.4, -0.2) is 0 Å². The van der Waals surface area contributed by atoms with Crippen molar-refractivity contribution in [2.24, 2.45) is 0 Å². The number of para-hydroxylation sites is 1. The molecule has 18 heavy (non-hydrogen) atoms. The van der Waals surface area contributed by atoms with E-state index in [9.17, 15) is 0 Å². The molecule has 0 spiro atoms. The highest BCUT2D eigenvalue weighted by Crippen LogP contribution is 2.28. The highest BCUT2D eigenvalue weighted by Gasteiger charge is 2.10. The van der Waals surface area contributed by atoms with Crippen LogP contribution in [-0.2, 0) is 0 Å². The highest BCUT2D eigenvalue weighted by atomic mass is 79.9. The van der Waals surface area contributed by atoms with Crippen LogP contribution >= 0.6 is 15.9 Å². The largest absolute Gasteiger partial charge is 0.377 e. The van der Waals surface area contributed by atoms with Crippen LogP contribution in [0.25, 0.3) is 0 Å². The van der Waals surface area contributed by atoms with Gasteiger partial charge in [-0.1, -0.05) is 48.9 Å². The number of rotatable bonds is 4. The van der Waals surface area contributed by atoms with Crippen molar-refractivity contribution in [2.75, 3.05) is 5.32 Å². The topological polar surface area (TPSA) is 12.0 Å². The average molecular weight is 304 g/mol. The Balaban J connectivity index is 2.20. The third kappa shape index (κ3) is 3.14. The van der Waals surface area contributed by atoms with Crippen molar-refractivity contribution in [1.29, 1.82) is 0 Å². The van der Waals surface area contributed by atoms with Gasteiger partial charge in [-0.05, 0) is 47.0 Å². The van der Waals surface area contributed by atoms with Crippen LogP contribution in [0.2, 0.25) is 0 Å². The molecule has 1 atom stereocenters. The second-order valence-electron chi connectivity index (χ2n) is 4.50. The number of benzene rings is 2. The summed E-state index contributed by atoms with van der Waals surface area (Å²) in [5, 5.41) is 3.59. The molecule has 0 aromatic heterocycles. The normalized spacial score (nSPS) is 12.2. The Kier molecular flexibility index (Phi) is 4.43. The van der Waals surface area contributed by atoms with Gasteiger partial charge in [-0.3, -0.25) is 0 Å². The minimum atomic E-state index is 0.351. The fraction of sp³-hybridized carbons (Fsp3) is 0.250. The molecule has 1 N–H and O–H groups in total. The molecule has 0 heterocycles. The van der Waals surface area contributed by atoms with Crippen LogP contribution in [0.1, 0.15) is 30.5 Å². The van der Waals surface area contributed by atoms with Crippen LogP contribution < -0.4 is 5.32 Å². The van der Waals surface area contributed by atoms with Crippen molar-refractivity contribution >= 4 is 21.6 Å².